The molecule has 2 atom stereocenters. The van der Waals surface area contributed by atoms with Crippen LogP contribution < -0.4 is 4.90 Å². The average molecular weight is 215 g/mol. The molecule has 2 unspecified atom stereocenters. The predicted molar refractivity (Wildman–Crippen MR) is 56.6 cm³/mol. The second kappa shape index (κ2) is 3.81. The van der Waals surface area contributed by atoms with Crippen molar-refractivity contribution in [2.45, 2.75) is 32.2 Å². The Morgan fingerprint density at radius 2 is 2.43 bits per heavy atom. The van der Waals surface area contributed by atoms with Crippen LogP contribution in [-0.2, 0) is 5.88 Å². The summed E-state index contributed by atoms with van der Waals surface area (Å²) in [6.07, 6.45) is 2.84. The zero-order valence-electron chi connectivity index (χ0n) is 8.53. The van der Waals surface area contributed by atoms with E-state index in [0.717, 1.165) is 24.2 Å². The van der Waals surface area contributed by atoms with Gasteiger partial charge in [-0.05, 0) is 19.3 Å². The largest absolute Gasteiger partial charge is 0.432 e. The summed E-state index contributed by atoms with van der Waals surface area (Å²) in [4.78, 5) is 6.53. The summed E-state index contributed by atoms with van der Waals surface area (Å²) in [6, 6.07) is 1.24. The van der Waals surface area contributed by atoms with Gasteiger partial charge in [0.25, 0.3) is 6.01 Å². The topological polar surface area (TPSA) is 29.3 Å². The second-order valence-corrected chi connectivity index (χ2v) is 4.36. The van der Waals surface area contributed by atoms with Gasteiger partial charge in [0.1, 0.15) is 6.26 Å². The summed E-state index contributed by atoms with van der Waals surface area (Å²) in [5.74, 6) is 1.14. The molecule has 78 valence electrons. The fourth-order valence-electron chi connectivity index (χ4n) is 2.06. The highest BCUT2D eigenvalue weighted by atomic mass is 35.5. The fraction of sp³-hybridized carbons (Fsp3) is 0.700. The van der Waals surface area contributed by atoms with Gasteiger partial charge in [-0.1, -0.05) is 6.92 Å². The van der Waals surface area contributed by atoms with Crippen LogP contribution in [0.1, 0.15) is 26.0 Å². The third-order valence-corrected chi connectivity index (χ3v) is 2.98. The lowest BCUT2D eigenvalue weighted by molar-refractivity contribution is 0.529. The van der Waals surface area contributed by atoms with Crippen molar-refractivity contribution in [2.24, 2.45) is 5.92 Å². The van der Waals surface area contributed by atoms with E-state index in [9.17, 15) is 0 Å². The first kappa shape index (κ1) is 9.84. The monoisotopic (exact) mass is 214 g/mol. The van der Waals surface area contributed by atoms with E-state index >= 15 is 0 Å². The van der Waals surface area contributed by atoms with E-state index in [2.05, 4.69) is 23.7 Å². The summed E-state index contributed by atoms with van der Waals surface area (Å²) in [5, 5.41) is 0. The first-order valence-corrected chi connectivity index (χ1v) is 5.51. The number of rotatable bonds is 2. The third-order valence-electron chi connectivity index (χ3n) is 2.71. The molecule has 3 nitrogen and oxygen atoms in total. The first-order chi connectivity index (χ1) is 6.70. The second-order valence-electron chi connectivity index (χ2n) is 4.10. The number of halogens is 1. The van der Waals surface area contributed by atoms with Gasteiger partial charge < -0.3 is 9.32 Å². The third kappa shape index (κ3) is 1.73. The normalized spacial score (nSPS) is 27.2. The number of alkyl halides is 1. The summed E-state index contributed by atoms with van der Waals surface area (Å²) >= 11 is 5.67. The van der Waals surface area contributed by atoms with E-state index in [0.29, 0.717) is 11.9 Å². The lowest BCUT2D eigenvalue weighted by atomic mass is 10.1. The Morgan fingerprint density at radius 3 is 2.93 bits per heavy atom. The van der Waals surface area contributed by atoms with Crippen molar-refractivity contribution >= 4 is 17.6 Å². The molecule has 2 rings (SSSR count). The molecule has 1 aliphatic heterocycles. The molecule has 0 spiro atoms. The maximum Gasteiger partial charge on any atom is 0.297 e. The minimum Gasteiger partial charge on any atom is -0.432 e. The summed E-state index contributed by atoms with van der Waals surface area (Å²) in [6.45, 7) is 5.49. The Morgan fingerprint density at radius 1 is 1.64 bits per heavy atom. The minimum absolute atomic E-state index is 0.418. The maximum absolute atomic E-state index is 5.67. The van der Waals surface area contributed by atoms with Crippen molar-refractivity contribution in [2.75, 3.05) is 11.4 Å². The smallest absolute Gasteiger partial charge is 0.297 e. The quantitative estimate of drug-likeness (QED) is 0.709. The van der Waals surface area contributed by atoms with E-state index < -0.39 is 0 Å². The molecular formula is C10H15ClN2O. The van der Waals surface area contributed by atoms with Gasteiger partial charge in [0, 0.05) is 12.6 Å². The van der Waals surface area contributed by atoms with E-state index in [1.54, 1.807) is 6.26 Å². The average Bonchev–Trinajstić information content (AvgIpc) is 2.71. The fourth-order valence-corrected chi connectivity index (χ4v) is 2.18. The number of oxazole rings is 1. The van der Waals surface area contributed by atoms with E-state index in [1.807, 2.05) is 0 Å². The van der Waals surface area contributed by atoms with Gasteiger partial charge in [0.2, 0.25) is 0 Å². The van der Waals surface area contributed by atoms with Crippen LogP contribution in [0.5, 0.6) is 0 Å². The summed E-state index contributed by atoms with van der Waals surface area (Å²) in [7, 11) is 0. The summed E-state index contributed by atoms with van der Waals surface area (Å²) in [5.41, 5.74) is 0.813. The van der Waals surface area contributed by atoms with Crippen LogP contribution in [0.3, 0.4) is 0 Å². The molecule has 1 aromatic rings. The molecule has 4 heteroatoms. The highest BCUT2D eigenvalue weighted by Crippen LogP contribution is 2.28. The van der Waals surface area contributed by atoms with Gasteiger partial charge in [-0.2, -0.15) is 4.98 Å². The van der Waals surface area contributed by atoms with Crippen molar-refractivity contribution in [1.82, 2.24) is 4.98 Å². The molecule has 14 heavy (non-hydrogen) atoms. The van der Waals surface area contributed by atoms with Crippen LogP contribution in [-0.4, -0.2) is 17.6 Å². The van der Waals surface area contributed by atoms with E-state index in [4.69, 9.17) is 16.0 Å². The Labute approximate surface area is 89.1 Å². The van der Waals surface area contributed by atoms with Crippen LogP contribution in [0, 0.1) is 5.92 Å². The summed E-state index contributed by atoms with van der Waals surface area (Å²) < 4.78 is 5.39. The molecule has 0 aliphatic carbocycles. The number of anilines is 1. The molecule has 0 N–H and O–H groups in total. The van der Waals surface area contributed by atoms with Gasteiger partial charge in [0.15, 0.2) is 0 Å². The molecule has 2 heterocycles. The standard InChI is InChI=1S/C10H15ClN2O/c1-7-3-8(2)13(5-7)10-12-9(4-11)6-14-10/h6-8H,3-5H2,1-2H3. The van der Waals surface area contributed by atoms with Gasteiger partial charge in [0.05, 0.1) is 11.6 Å². The van der Waals surface area contributed by atoms with Gasteiger partial charge in [-0.3, -0.25) is 0 Å². The molecule has 0 saturated carbocycles. The molecule has 0 amide bonds. The molecule has 0 aromatic carbocycles. The van der Waals surface area contributed by atoms with Crippen LogP contribution in [0.2, 0.25) is 0 Å². The molecule has 1 aromatic heterocycles. The van der Waals surface area contributed by atoms with Crippen molar-refractivity contribution in [1.29, 1.82) is 0 Å². The van der Waals surface area contributed by atoms with E-state index in [-0.39, 0.29) is 0 Å². The van der Waals surface area contributed by atoms with Crippen LogP contribution in [0.15, 0.2) is 10.7 Å². The lowest BCUT2D eigenvalue weighted by Gasteiger charge is -2.18. The zero-order chi connectivity index (χ0) is 10.1. The number of hydrogen-bond donors (Lipinski definition) is 0. The van der Waals surface area contributed by atoms with Crippen LogP contribution >= 0.6 is 11.6 Å². The van der Waals surface area contributed by atoms with E-state index in [1.165, 1.54) is 6.42 Å². The van der Waals surface area contributed by atoms with Crippen molar-refractivity contribution < 1.29 is 4.42 Å². The molecule has 1 saturated heterocycles. The molecule has 1 aliphatic rings. The van der Waals surface area contributed by atoms with Crippen molar-refractivity contribution in [3.05, 3.63) is 12.0 Å². The Balaban J connectivity index is 2.14. The number of nitrogens with zero attached hydrogens (tertiary/aromatic N) is 2. The maximum atomic E-state index is 5.67. The molecule has 0 bridgehead atoms. The SMILES string of the molecule is CC1CC(C)N(c2nc(CCl)co2)C1. The Hall–Kier alpha value is -0.700. The van der Waals surface area contributed by atoms with Gasteiger partial charge in [-0.25, -0.2) is 0 Å². The number of hydrogen-bond acceptors (Lipinski definition) is 3. The molecular weight excluding hydrogens is 200 g/mol. The van der Waals surface area contributed by atoms with Crippen LogP contribution in [0.25, 0.3) is 0 Å². The minimum atomic E-state index is 0.418. The molecule has 0 radical (unpaired) electrons. The number of aromatic nitrogens is 1. The zero-order valence-corrected chi connectivity index (χ0v) is 9.29. The highest BCUT2D eigenvalue weighted by Gasteiger charge is 2.29. The Bertz CT molecular complexity index is 313. The highest BCUT2D eigenvalue weighted by molar-refractivity contribution is 6.16. The lowest BCUT2D eigenvalue weighted by Crippen LogP contribution is -2.26. The van der Waals surface area contributed by atoms with Crippen LogP contribution in [0.4, 0.5) is 6.01 Å². The first-order valence-electron chi connectivity index (χ1n) is 4.97. The van der Waals surface area contributed by atoms with Gasteiger partial charge >= 0.3 is 0 Å². The predicted octanol–water partition coefficient (Wildman–Crippen LogP) is 2.65. The van der Waals surface area contributed by atoms with Crippen molar-refractivity contribution in [3.63, 3.8) is 0 Å². The van der Waals surface area contributed by atoms with Crippen molar-refractivity contribution in [3.8, 4) is 0 Å². The Kier molecular flexibility index (Phi) is 2.68. The van der Waals surface area contributed by atoms with Gasteiger partial charge in [-0.15, -0.1) is 11.6 Å². The molecule has 1 fully saturated rings.